The Hall–Kier alpha value is -3.97. The zero-order valence-corrected chi connectivity index (χ0v) is 22.2. The number of thiazole rings is 1. The molecule has 5 rings (SSSR count). The van der Waals surface area contributed by atoms with Gasteiger partial charge in [0.2, 0.25) is 0 Å². The number of carbonyl (C=O) groups excluding carboxylic acids is 1. The topological polar surface area (TPSA) is 65.6 Å². The van der Waals surface area contributed by atoms with E-state index < -0.39 is 12.0 Å². The lowest BCUT2D eigenvalue weighted by atomic mass is 9.93. The van der Waals surface area contributed by atoms with Crippen LogP contribution in [0.4, 0.5) is 0 Å². The number of benzene rings is 2. The van der Waals surface area contributed by atoms with Gasteiger partial charge in [-0.3, -0.25) is 9.36 Å². The molecule has 188 valence electrons. The largest absolute Gasteiger partial charge is 0.466 e. The Labute approximate surface area is 219 Å². The Balaban J connectivity index is 1.73. The summed E-state index contributed by atoms with van der Waals surface area (Å²) < 4.78 is 9.42. The van der Waals surface area contributed by atoms with Gasteiger partial charge in [-0.05, 0) is 36.1 Å². The lowest BCUT2D eigenvalue weighted by Crippen LogP contribution is -2.39. The highest BCUT2D eigenvalue weighted by molar-refractivity contribution is 7.07. The minimum absolute atomic E-state index is 0.184. The third-order valence-electron chi connectivity index (χ3n) is 6.78. The zero-order valence-electron chi connectivity index (χ0n) is 21.4. The lowest BCUT2D eigenvalue weighted by Gasteiger charge is -2.24. The molecule has 0 aliphatic carbocycles. The summed E-state index contributed by atoms with van der Waals surface area (Å²) in [6.45, 7) is 10.6. The molecular weight excluding hydrogens is 482 g/mol. The normalized spacial score (nSPS) is 15.7. The summed E-state index contributed by atoms with van der Waals surface area (Å²) in [7, 11) is 1.35. The van der Waals surface area contributed by atoms with E-state index in [0.717, 1.165) is 22.0 Å². The van der Waals surface area contributed by atoms with Gasteiger partial charge in [0.05, 0.1) is 29.0 Å². The van der Waals surface area contributed by atoms with Crippen LogP contribution < -0.4 is 14.9 Å². The first kappa shape index (κ1) is 24.7. The van der Waals surface area contributed by atoms with Crippen molar-refractivity contribution in [1.82, 2.24) is 9.13 Å². The van der Waals surface area contributed by atoms with Crippen molar-refractivity contribution in [2.24, 2.45) is 4.99 Å². The standard InChI is InChI=1S/C30H29N3O3S/c1-6-15-32-17-22(23-9-7-8-10-24(23)32)16-25-28(34)33-27(21-13-11-20(12-14-21)18(2)3)26(29(35)36-5)19(4)31-30(33)37-25/h6-14,16-18,27H,1,15H2,2-5H3/t27-/m0/s1. The third kappa shape index (κ3) is 4.29. The fourth-order valence-corrected chi connectivity index (χ4v) is 5.93. The highest BCUT2D eigenvalue weighted by atomic mass is 32.1. The highest BCUT2D eigenvalue weighted by Crippen LogP contribution is 2.31. The Kier molecular flexibility index (Phi) is 6.56. The van der Waals surface area contributed by atoms with Gasteiger partial charge in [0.15, 0.2) is 4.80 Å². The number of para-hydroxylation sites is 1. The molecule has 0 unspecified atom stereocenters. The fourth-order valence-electron chi connectivity index (χ4n) is 4.89. The molecule has 0 radical (unpaired) electrons. The van der Waals surface area contributed by atoms with Crippen LogP contribution in [0, 0.1) is 0 Å². The van der Waals surface area contributed by atoms with Crippen LogP contribution in [-0.2, 0) is 16.1 Å². The van der Waals surface area contributed by atoms with Crippen molar-refractivity contribution in [3.63, 3.8) is 0 Å². The summed E-state index contributed by atoms with van der Waals surface area (Å²) >= 11 is 1.33. The third-order valence-corrected chi connectivity index (χ3v) is 7.76. The number of rotatable bonds is 6. The van der Waals surface area contributed by atoms with E-state index in [4.69, 9.17) is 4.74 Å². The van der Waals surface area contributed by atoms with E-state index in [1.54, 1.807) is 11.5 Å². The van der Waals surface area contributed by atoms with Crippen molar-refractivity contribution in [3.8, 4) is 0 Å². The summed E-state index contributed by atoms with van der Waals surface area (Å²) in [4.78, 5) is 32.0. The molecule has 0 amide bonds. The second-order valence-electron chi connectivity index (χ2n) is 9.44. The maximum Gasteiger partial charge on any atom is 0.338 e. The second kappa shape index (κ2) is 9.82. The average Bonchev–Trinajstić information content (AvgIpc) is 3.40. The SMILES string of the molecule is C=CCn1cc(C=c2sc3n(c2=O)[C@@H](c2ccc(C(C)C)cc2)C(C(=O)OC)=C(C)N=3)c2ccccc21. The van der Waals surface area contributed by atoms with Crippen LogP contribution in [0.2, 0.25) is 0 Å². The van der Waals surface area contributed by atoms with E-state index in [0.29, 0.717) is 33.1 Å². The smallest absolute Gasteiger partial charge is 0.338 e. The molecule has 1 aliphatic heterocycles. The van der Waals surface area contributed by atoms with E-state index in [1.165, 1.54) is 24.0 Å². The number of nitrogens with zero attached hydrogens (tertiary/aromatic N) is 3. The molecule has 0 spiro atoms. The number of esters is 1. The molecule has 1 atom stereocenters. The maximum absolute atomic E-state index is 13.9. The molecule has 0 saturated carbocycles. The van der Waals surface area contributed by atoms with E-state index in [1.807, 2.05) is 42.6 Å². The van der Waals surface area contributed by atoms with Gasteiger partial charge in [-0.2, -0.15) is 0 Å². The predicted octanol–water partition coefficient (Wildman–Crippen LogP) is 4.67. The van der Waals surface area contributed by atoms with Crippen LogP contribution >= 0.6 is 11.3 Å². The summed E-state index contributed by atoms with van der Waals surface area (Å²) in [5, 5.41) is 1.06. The number of carbonyl (C=O) groups is 1. The van der Waals surface area contributed by atoms with Gasteiger partial charge in [0, 0.05) is 29.2 Å². The quantitative estimate of drug-likeness (QED) is 0.279. The number of hydrogen-bond donors (Lipinski definition) is 0. The number of aromatic nitrogens is 2. The van der Waals surface area contributed by atoms with Crippen LogP contribution in [0.25, 0.3) is 17.0 Å². The molecule has 0 saturated heterocycles. The first-order valence-corrected chi connectivity index (χ1v) is 13.0. The number of hydrogen-bond acceptors (Lipinski definition) is 5. The van der Waals surface area contributed by atoms with Crippen LogP contribution in [0.15, 0.2) is 88.4 Å². The van der Waals surface area contributed by atoms with E-state index in [-0.39, 0.29) is 5.56 Å². The van der Waals surface area contributed by atoms with Gasteiger partial charge in [-0.1, -0.05) is 73.7 Å². The molecular formula is C30H29N3O3S. The zero-order chi connectivity index (χ0) is 26.3. The number of allylic oxidation sites excluding steroid dienone is 2. The molecule has 37 heavy (non-hydrogen) atoms. The minimum atomic E-state index is -0.617. The Morgan fingerprint density at radius 1 is 1.19 bits per heavy atom. The van der Waals surface area contributed by atoms with Gasteiger partial charge < -0.3 is 9.30 Å². The molecule has 2 aromatic carbocycles. The van der Waals surface area contributed by atoms with Crippen molar-refractivity contribution in [2.45, 2.75) is 39.3 Å². The van der Waals surface area contributed by atoms with Gasteiger partial charge in [-0.15, -0.1) is 6.58 Å². The number of fused-ring (bicyclic) bond motifs is 2. The van der Waals surface area contributed by atoms with E-state index >= 15 is 0 Å². The summed E-state index contributed by atoms with van der Waals surface area (Å²) in [6.07, 6.45) is 5.81. The molecule has 6 nitrogen and oxygen atoms in total. The Morgan fingerprint density at radius 3 is 2.59 bits per heavy atom. The summed E-state index contributed by atoms with van der Waals surface area (Å²) in [5.74, 6) is -0.113. The predicted molar refractivity (Wildman–Crippen MR) is 148 cm³/mol. The van der Waals surface area contributed by atoms with E-state index in [2.05, 4.69) is 54.3 Å². The summed E-state index contributed by atoms with van der Waals surface area (Å²) in [5.41, 5.74) is 4.80. The van der Waals surface area contributed by atoms with Crippen molar-refractivity contribution in [2.75, 3.05) is 7.11 Å². The summed E-state index contributed by atoms with van der Waals surface area (Å²) in [6, 6.07) is 15.6. The van der Waals surface area contributed by atoms with Crippen LogP contribution in [0.5, 0.6) is 0 Å². The minimum Gasteiger partial charge on any atom is -0.466 e. The molecule has 1 aliphatic rings. The monoisotopic (exact) mass is 511 g/mol. The van der Waals surface area contributed by atoms with Crippen molar-refractivity contribution >= 4 is 34.3 Å². The van der Waals surface area contributed by atoms with Crippen LogP contribution in [-0.4, -0.2) is 22.2 Å². The number of methoxy groups -OCH3 is 1. The van der Waals surface area contributed by atoms with Crippen molar-refractivity contribution in [3.05, 3.63) is 115 Å². The highest BCUT2D eigenvalue weighted by Gasteiger charge is 2.33. The lowest BCUT2D eigenvalue weighted by molar-refractivity contribution is -0.136. The van der Waals surface area contributed by atoms with Crippen LogP contribution in [0.1, 0.15) is 49.4 Å². The molecule has 3 heterocycles. The first-order valence-electron chi connectivity index (χ1n) is 12.2. The fraction of sp³-hybridized carbons (Fsp3) is 0.233. The van der Waals surface area contributed by atoms with Crippen LogP contribution in [0.3, 0.4) is 0 Å². The first-order chi connectivity index (χ1) is 17.8. The molecule has 0 N–H and O–H groups in total. The van der Waals surface area contributed by atoms with Gasteiger partial charge >= 0.3 is 5.97 Å². The van der Waals surface area contributed by atoms with Gasteiger partial charge in [0.1, 0.15) is 0 Å². The molecule has 0 bridgehead atoms. The Bertz CT molecular complexity index is 1730. The molecule has 2 aromatic heterocycles. The molecule has 4 aromatic rings. The van der Waals surface area contributed by atoms with Gasteiger partial charge in [-0.25, -0.2) is 9.79 Å². The number of ether oxygens (including phenoxy) is 1. The maximum atomic E-state index is 13.9. The van der Waals surface area contributed by atoms with Crippen molar-refractivity contribution < 1.29 is 9.53 Å². The Morgan fingerprint density at radius 2 is 1.92 bits per heavy atom. The molecule has 7 heteroatoms. The average molecular weight is 512 g/mol. The van der Waals surface area contributed by atoms with Crippen molar-refractivity contribution in [1.29, 1.82) is 0 Å². The molecule has 0 fully saturated rings. The second-order valence-corrected chi connectivity index (χ2v) is 10.4. The van der Waals surface area contributed by atoms with E-state index in [9.17, 15) is 9.59 Å². The van der Waals surface area contributed by atoms with Gasteiger partial charge in [0.25, 0.3) is 5.56 Å².